The lowest BCUT2D eigenvalue weighted by Crippen LogP contribution is -2.14. The van der Waals surface area contributed by atoms with Gasteiger partial charge in [0.2, 0.25) is 10.0 Å². The molecule has 2 rings (SSSR count). The highest BCUT2D eigenvalue weighted by Crippen LogP contribution is 2.32. The summed E-state index contributed by atoms with van der Waals surface area (Å²) in [6, 6.07) is 10.1. The van der Waals surface area contributed by atoms with Gasteiger partial charge in [-0.2, -0.15) is 0 Å². The molecule has 0 heterocycles. The summed E-state index contributed by atoms with van der Waals surface area (Å²) < 4.78 is 43.8. The molecule has 1 unspecified atom stereocenters. The number of anilines is 1. The minimum atomic E-state index is -4.11. The molecule has 0 aliphatic rings. The Morgan fingerprint density at radius 2 is 1.57 bits per heavy atom. The van der Waals surface area contributed by atoms with E-state index < -0.39 is 24.6 Å². The number of benzene rings is 2. The van der Waals surface area contributed by atoms with E-state index in [9.17, 15) is 12.6 Å². The van der Waals surface area contributed by atoms with E-state index in [4.69, 9.17) is 27.3 Å². The molecule has 5 N–H and O–H groups in total. The number of primary sulfonamides is 1. The summed E-state index contributed by atoms with van der Waals surface area (Å²) in [4.78, 5) is -0.342. The van der Waals surface area contributed by atoms with Gasteiger partial charge in [-0.3, -0.25) is 0 Å². The first kappa shape index (κ1) is 15.8. The van der Waals surface area contributed by atoms with E-state index in [2.05, 4.69) is 0 Å². The second kappa shape index (κ2) is 5.30. The number of sulfonamides is 1. The van der Waals surface area contributed by atoms with Crippen molar-refractivity contribution in [1.29, 1.82) is 4.78 Å². The van der Waals surface area contributed by atoms with Crippen LogP contribution in [0.5, 0.6) is 0 Å². The number of nitrogens with two attached hydrogens (primary N) is 2. The number of halogens is 1. The van der Waals surface area contributed by atoms with E-state index in [1.54, 1.807) is 18.2 Å². The SMILES string of the molecule is N=S(=O)(c1ccccc1)c1cc(S(N)(=O)=O)c(Cl)cc1N. The van der Waals surface area contributed by atoms with Crippen LogP contribution in [0.4, 0.5) is 5.69 Å². The molecule has 0 saturated carbocycles. The van der Waals surface area contributed by atoms with Gasteiger partial charge in [-0.15, -0.1) is 0 Å². The monoisotopic (exact) mass is 345 g/mol. The molecule has 0 fully saturated rings. The molecule has 9 heteroatoms. The first-order valence-corrected chi connectivity index (χ1v) is 9.08. The van der Waals surface area contributed by atoms with Crippen LogP contribution >= 0.6 is 11.6 Å². The quantitative estimate of drug-likeness (QED) is 0.735. The van der Waals surface area contributed by atoms with Crippen molar-refractivity contribution >= 4 is 37.0 Å². The van der Waals surface area contributed by atoms with Crippen molar-refractivity contribution < 1.29 is 12.6 Å². The molecular weight excluding hydrogens is 334 g/mol. The molecule has 0 saturated heterocycles. The summed E-state index contributed by atoms with van der Waals surface area (Å²) in [5.74, 6) is 0. The fourth-order valence-electron chi connectivity index (χ4n) is 1.76. The van der Waals surface area contributed by atoms with Gasteiger partial charge < -0.3 is 5.73 Å². The van der Waals surface area contributed by atoms with Crippen molar-refractivity contribution in [2.24, 2.45) is 5.14 Å². The van der Waals surface area contributed by atoms with Gasteiger partial charge in [0.15, 0.2) is 0 Å². The van der Waals surface area contributed by atoms with E-state index in [0.717, 1.165) is 12.1 Å². The third-order valence-corrected chi connectivity index (χ3v) is 6.04. The fraction of sp³-hybridized carbons (Fsp3) is 0. The lowest BCUT2D eigenvalue weighted by atomic mass is 10.3. The van der Waals surface area contributed by atoms with Crippen molar-refractivity contribution in [3.8, 4) is 0 Å². The number of nitrogen functional groups attached to an aromatic ring is 1. The van der Waals surface area contributed by atoms with Crippen LogP contribution in [0.2, 0.25) is 5.02 Å². The first-order valence-electron chi connectivity index (χ1n) is 5.60. The van der Waals surface area contributed by atoms with Crippen molar-refractivity contribution in [2.75, 3.05) is 5.73 Å². The Kier molecular flexibility index (Phi) is 3.98. The largest absolute Gasteiger partial charge is 0.398 e. The summed E-state index contributed by atoms with van der Waals surface area (Å²) in [6.07, 6.45) is 0. The smallest absolute Gasteiger partial charge is 0.239 e. The zero-order chi connectivity index (χ0) is 15.8. The molecule has 0 bridgehead atoms. The predicted molar refractivity (Wildman–Crippen MR) is 81.1 cm³/mol. The fourth-order valence-corrected chi connectivity index (χ4v) is 4.41. The molecule has 2 aromatic rings. The second-order valence-corrected chi connectivity index (χ2v) is 8.20. The van der Waals surface area contributed by atoms with E-state index in [-0.39, 0.29) is 20.5 Å². The topological polar surface area (TPSA) is 127 Å². The number of hydrogen-bond donors (Lipinski definition) is 3. The van der Waals surface area contributed by atoms with Gasteiger partial charge in [0.05, 0.1) is 20.5 Å². The third kappa shape index (κ3) is 3.03. The molecule has 2 aromatic carbocycles. The van der Waals surface area contributed by atoms with Crippen LogP contribution in [-0.4, -0.2) is 12.6 Å². The Bertz CT molecular complexity index is 895. The lowest BCUT2D eigenvalue weighted by molar-refractivity contribution is 0.597. The average Bonchev–Trinajstić information content (AvgIpc) is 2.37. The highest BCUT2D eigenvalue weighted by molar-refractivity contribution is 7.92. The van der Waals surface area contributed by atoms with Gasteiger partial charge >= 0.3 is 0 Å². The number of nitrogens with one attached hydrogen (secondary N) is 1. The first-order chi connectivity index (χ1) is 9.64. The summed E-state index contributed by atoms with van der Waals surface area (Å²) in [5, 5.41) is 4.87. The number of rotatable bonds is 3. The Balaban J connectivity index is 2.76. The molecule has 6 nitrogen and oxygen atoms in total. The van der Waals surface area contributed by atoms with E-state index in [1.807, 2.05) is 0 Å². The van der Waals surface area contributed by atoms with E-state index in [1.165, 1.54) is 12.1 Å². The summed E-state index contributed by atoms with van der Waals surface area (Å²) >= 11 is 5.79. The summed E-state index contributed by atoms with van der Waals surface area (Å²) in [6.45, 7) is 0. The van der Waals surface area contributed by atoms with Crippen molar-refractivity contribution in [2.45, 2.75) is 14.7 Å². The summed E-state index contributed by atoms with van der Waals surface area (Å²) in [5.41, 5.74) is 5.71. The van der Waals surface area contributed by atoms with Crippen LogP contribution in [0, 0.1) is 4.78 Å². The number of hydrogen-bond acceptors (Lipinski definition) is 5. The van der Waals surface area contributed by atoms with Crippen molar-refractivity contribution in [1.82, 2.24) is 0 Å². The van der Waals surface area contributed by atoms with Crippen LogP contribution < -0.4 is 10.9 Å². The van der Waals surface area contributed by atoms with Gasteiger partial charge in [-0.25, -0.2) is 22.5 Å². The maximum absolute atomic E-state index is 12.7. The van der Waals surface area contributed by atoms with Crippen LogP contribution in [0.1, 0.15) is 0 Å². The van der Waals surface area contributed by atoms with Crippen LogP contribution in [0.15, 0.2) is 57.2 Å². The van der Waals surface area contributed by atoms with Gasteiger partial charge in [0, 0.05) is 0 Å². The Morgan fingerprint density at radius 1 is 1.00 bits per heavy atom. The molecule has 0 aliphatic heterocycles. The molecule has 21 heavy (non-hydrogen) atoms. The Hall–Kier alpha value is -1.61. The summed E-state index contributed by atoms with van der Waals surface area (Å²) in [7, 11) is -7.58. The molecule has 0 radical (unpaired) electrons. The standard InChI is InChI=1S/C12H12ClN3O3S2/c13-9-6-10(14)12(7-11(9)21(16,18)19)20(15,17)8-4-2-1-3-5-8/h1-7,15H,14H2,(H2,16,18,19). The molecule has 0 aromatic heterocycles. The maximum Gasteiger partial charge on any atom is 0.239 e. The zero-order valence-corrected chi connectivity index (χ0v) is 13.0. The van der Waals surface area contributed by atoms with Gasteiger partial charge in [-0.1, -0.05) is 29.8 Å². The maximum atomic E-state index is 12.7. The van der Waals surface area contributed by atoms with Crippen molar-refractivity contribution in [3.63, 3.8) is 0 Å². The third-order valence-electron chi connectivity index (χ3n) is 2.76. The predicted octanol–water partition coefficient (Wildman–Crippen LogP) is 2.03. The second-order valence-electron chi connectivity index (χ2n) is 4.23. The van der Waals surface area contributed by atoms with Gasteiger partial charge in [-0.05, 0) is 24.3 Å². The van der Waals surface area contributed by atoms with Gasteiger partial charge in [0.25, 0.3) is 0 Å². The zero-order valence-electron chi connectivity index (χ0n) is 10.6. The molecule has 0 amide bonds. The minimum absolute atomic E-state index is 0.0312. The van der Waals surface area contributed by atoms with E-state index in [0.29, 0.717) is 0 Å². The van der Waals surface area contributed by atoms with Crippen LogP contribution in [0.25, 0.3) is 0 Å². The van der Waals surface area contributed by atoms with Crippen LogP contribution in [-0.2, 0) is 19.8 Å². The van der Waals surface area contributed by atoms with Crippen LogP contribution in [0.3, 0.4) is 0 Å². The molecule has 0 aliphatic carbocycles. The molecular formula is C12H12ClN3O3S2. The average molecular weight is 346 g/mol. The Labute approximate surface area is 127 Å². The molecule has 0 spiro atoms. The molecule has 1 atom stereocenters. The highest BCUT2D eigenvalue weighted by atomic mass is 35.5. The normalized spacial score (nSPS) is 14.6. The van der Waals surface area contributed by atoms with E-state index >= 15 is 0 Å². The highest BCUT2D eigenvalue weighted by Gasteiger charge is 2.22. The molecule has 112 valence electrons. The van der Waals surface area contributed by atoms with Crippen molar-refractivity contribution in [3.05, 3.63) is 47.5 Å². The van der Waals surface area contributed by atoms with Gasteiger partial charge in [0.1, 0.15) is 14.6 Å². The minimum Gasteiger partial charge on any atom is -0.398 e. The Morgan fingerprint density at radius 3 is 2.10 bits per heavy atom. The lowest BCUT2D eigenvalue weighted by Gasteiger charge is -2.13.